The van der Waals surface area contributed by atoms with Gasteiger partial charge in [0.15, 0.2) is 5.70 Å². The fourth-order valence-electron chi connectivity index (χ4n) is 1.99. The zero-order valence-electron chi connectivity index (χ0n) is 11.3. The Labute approximate surface area is 125 Å². The second-order valence-corrected chi connectivity index (χ2v) is 4.55. The van der Waals surface area contributed by atoms with Gasteiger partial charge in [0, 0.05) is 17.7 Å². The van der Waals surface area contributed by atoms with Gasteiger partial charge in [-0.3, -0.25) is 10.1 Å². The normalized spacial score (nSPS) is 15.5. The molecule has 0 aromatic heterocycles. The monoisotopic (exact) mass is 294 g/mol. The zero-order valence-corrected chi connectivity index (χ0v) is 11.3. The number of nitrogens with zero attached hydrogens (tertiary/aromatic N) is 2. The van der Waals surface area contributed by atoms with Crippen molar-refractivity contribution in [3.8, 4) is 0 Å². The van der Waals surface area contributed by atoms with Gasteiger partial charge in [-0.2, -0.15) is 0 Å². The van der Waals surface area contributed by atoms with Gasteiger partial charge in [0.1, 0.15) is 0 Å². The highest BCUT2D eigenvalue weighted by atomic mass is 16.6. The van der Waals surface area contributed by atoms with Gasteiger partial charge in [-0.25, -0.2) is 9.79 Å². The lowest BCUT2D eigenvalue weighted by atomic mass is 10.2. The number of hydrogen-bond acceptors (Lipinski definition) is 5. The molecule has 1 aliphatic heterocycles. The standard InChI is InChI=1S/C16H10N2O4/c19-16-14(9-11-5-2-1-3-6-11)17-15(22-16)12-7-4-8-13(10-12)18(20)21/h1-10H. The molecule has 108 valence electrons. The highest BCUT2D eigenvalue weighted by molar-refractivity contribution is 6.13. The molecule has 0 saturated heterocycles. The lowest BCUT2D eigenvalue weighted by Crippen LogP contribution is -2.05. The molecule has 1 heterocycles. The van der Waals surface area contributed by atoms with Crippen molar-refractivity contribution in [3.63, 3.8) is 0 Å². The Bertz CT molecular complexity index is 810. The van der Waals surface area contributed by atoms with E-state index in [1.807, 2.05) is 30.3 Å². The van der Waals surface area contributed by atoms with Crippen LogP contribution in [0.4, 0.5) is 5.69 Å². The first-order valence-corrected chi connectivity index (χ1v) is 6.46. The first-order chi connectivity index (χ1) is 10.6. The summed E-state index contributed by atoms with van der Waals surface area (Å²) in [5.41, 5.74) is 1.28. The molecule has 0 fully saturated rings. The Balaban J connectivity index is 1.95. The molecule has 0 unspecified atom stereocenters. The van der Waals surface area contributed by atoms with Gasteiger partial charge in [-0.1, -0.05) is 36.4 Å². The predicted molar refractivity (Wildman–Crippen MR) is 80.1 cm³/mol. The van der Waals surface area contributed by atoms with Gasteiger partial charge in [-0.15, -0.1) is 0 Å². The smallest absolute Gasteiger partial charge is 0.363 e. The van der Waals surface area contributed by atoms with E-state index < -0.39 is 10.9 Å². The van der Waals surface area contributed by atoms with Crippen LogP contribution in [0, 0.1) is 10.1 Å². The van der Waals surface area contributed by atoms with Gasteiger partial charge in [0.25, 0.3) is 5.69 Å². The van der Waals surface area contributed by atoms with Crippen LogP contribution in [0.1, 0.15) is 11.1 Å². The van der Waals surface area contributed by atoms with Crippen LogP contribution in [0.15, 0.2) is 65.3 Å². The van der Waals surface area contributed by atoms with E-state index in [1.165, 1.54) is 18.2 Å². The van der Waals surface area contributed by atoms with Crippen LogP contribution in [-0.2, 0) is 9.53 Å². The van der Waals surface area contributed by atoms with Crippen LogP contribution < -0.4 is 0 Å². The average Bonchev–Trinajstić information content (AvgIpc) is 2.89. The lowest BCUT2D eigenvalue weighted by molar-refractivity contribution is -0.384. The number of aliphatic imine (C=N–C) groups is 1. The van der Waals surface area contributed by atoms with Gasteiger partial charge in [-0.05, 0) is 17.7 Å². The highest BCUT2D eigenvalue weighted by Crippen LogP contribution is 2.21. The first-order valence-electron chi connectivity index (χ1n) is 6.46. The Hall–Kier alpha value is -3.28. The van der Waals surface area contributed by atoms with E-state index in [1.54, 1.807) is 12.1 Å². The van der Waals surface area contributed by atoms with Crippen molar-refractivity contribution in [2.24, 2.45) is 4.99 Å². The third-order valence-electron chi connectivity index (χ3n) is 3.03. The number of benzene rings is 2. The number of nitro groups is 1. The summed E-state index contributed by atoms with van der Waals surface area (Å²) in [4.78, 5) is 26.2. The summed E-state index contributed by atoms with van der Waals surface area (Å²) >= 11 is 0. The van der Waals surface area contributed by atoms with Crippen molar-refractivity contribution in [2.45, 2.75) is 0 Å². The molecule has 0 bridgehead atoms. The molecular formula is C16H10N2O4. The van der Waals surface area contributed by atoms with Gasteiger partial charge in [0.05, 0.1) is 4.92 Å². The van der Waals surface area contributed by atoms with Gasteiger partial charge >= 0.3 is 5.97 Å². The van der Waals surface area contributed by atoms with Crippen LogP contribution in [0.5, 0.6) is 0 Å². The summed E-state index contributed by atoms with van der Waals surface area (Å²) in [5.74, 6) is -0.513. The van der Waals surface area contributed by atoms with Gasteiger partial charge < -0.3 is 4.74 Å². The lowest BCUT2D eigenvalue weighted by Gasteiger charge is -1.98. The highest BCUT2D eigenvalue weighted by Gasteiger charge is 2.25. The molecule has 3 rings (SSSR count). The van der Waals surface area contributed by atoms with E-state index in [0.717, 1.165) is 5.56 Å². The van der Waals surface area contributed by atoms with E-state index in [4.69, 9.17) is 4.74 Å². The number of carbonyl (C=O) groups excluding carboxylic acids is 1. The van der Waals surface area contributed by atoms with E-state index in [9.17, 15) is 14.9 Å². The number of rotatable bonds is 3. The van der Waals surface area contributed by atoms with Crippen molar-refractivity contribution in [1.29, 1.82) is 0 Å². The SMILES string of the molecule is O=C1OC(c2cccc([N+](=O)[O-])c2)=NC1=Cc1ccccc1. The van der Waals surface area contributed by atoms with Crippen LogP contribution in [0.25, 0.3) is 6.08 Å². The number of esters is 1. The molecule has 0 aliphatic carbocycles. The van der Waals surface area contributed by atoms with Crippen molar-refractivity contribution in [2.75, 3.05) is 0 Å². The van der Waals surface area contributed by atoms with Crippen molar-refractivity contribution < 1.29 is 14.5 Å². The molecule has 1 aliphatic rings. The maximum Gasteiger partial charge on any atom is 0.363 e. The number of nitro benzene ring substituents is 1. The Morgan fingerprint density at radius 3 is 2.59 bits per heavy atom. The topological polar surface area (TPSA) is 81.8 Å². The average molecular weight is 294 g/mol. The maximum atomic E-state index is 11.8. The molecule has 6 nitrogen and oxygen atoms in total. The molecule has 2 aromatic rings. The molecule has 2 aromatic carbocycles. The fourth-order valence-corrected chi connectivity index (χ4v) is 1.99. The summed E-state index contributed by atoms with van der Waals surface area (Å²) in [5, 5.41) is 10.8. The second-order valence-electron chi connectivity index (χ2n) is 4.55. The summed E-state index contributed by atoms with van der Waals surface area (Å²) in [6, 6.07) is 15.0. The molecule has 0 spiro atoms. The predicted octanol–water partition coefficient (Wildman–Crippen LogP) is 2.94. The van der Waals surface area contributed by atoms with E-state index in [0.29, 0.717) is 5.56 Å². The molecular weight excluding hydrogens is 284 g/mol. The molecule has 0 radical (unpaired) electrons. The minimum absolute atomic E-state index is 0.0656. The minimum atomic E-state index is -0.578. The van der Waals surface area contributed by atoms with Crippen molar-refractivity contribution >= 4 is 23.6 Å². The van der Waals surface area contributed by atoms with Crippen LogP contribution >= 0.6 is 0 Å². The van der Waals surface area contributed by atoms with E-state index in [2.05, 4.69) is 4.99 Å². The molecule has 0 amide bonds. The van der Waals surface area contributed by atoms with Crippen LogP contribution in [-0.4, -0.2) is 16.8 Å². The van der Waals surface area contributed by atoms with E-state index >= 15 is 0 Å². The summed E-state index contributed by atoms with van der Waals surface area (Å²) in [6.07, 6.45) is 1.60. The molecule has 0 atom stereocenters. The van der Waals surface area contributed by atoms with Crippen LogP contribution in [0.3, 0.4) is 0 Å². The largest absolute Gasteiger partial charge is 0.402 e. The Kier molecular flexibility index (Phi) is 3.49. The summed E-state index contributed by atoms with van der Waals surface area (Å²) in [6.45, 7) is 0. The number of hydrogen-bond donors (Lipinski definition) is 0. The zero-order chi connectivity index (χ0) is 15.5. The summed E-state index contributed by atoms with van der Waals surface area (Å²) < 4.78 is 5.09. The second kappa shape index (κ2) is 5.61. The molecule has 6 heteroatoms. The first kappa shape index (κ1) is 13.7. The Morgan fingerprint density at radius 2 is 1.86 bits per heavy atom. The van der Waals surface area contributed by atoms with Crippen LogP contribution in [0.2, 0.25) is 0 Å². The minimum Gasteiger partial charge on any atom is -0.402 e. The molecule has 0 saturated carbocycles. The number of non-ortho nitro benzene ring substituents is 1. The van der Waals surface area contributed by atoms with E-state index in [-0.39, 0.29) is 17.3 Å². The van der Waals surface area contributed by atoms with Gasteiger partial charge in [0.2, 0.25) is 5.90 Å². The quantitative estimate of drug-likeness (QED) is 0.377. The molecule has 22 heavy (non-hydrogen) atoms. The van der Waals surface area contributed by atoms with Crippen molar-refractivity contribution in [3.05, 3.63) is 81.5 Å². The number of cyclic esters (lactones) is 1. The number of carbonyl (C=O) groups is 1. The maximum absolute atomic E-state index is 11.8. The third kappa shape index (κ3) is 2.76. The summed E-state index contributed by atoms with van der Waals surface area (Å²) in [7, 11) is 0. The Morgan fingerprint density at radius 1 is 1.09 bits per heavy atom. The fraction of sp³-hybridized carbons (Fsp3) is 0. The number of ether oxygens (including phenoxy) is 1. The van der Waals surface area contributed by atoms with Crippen molar-refractivity contribution in [1.82, 2.24) is 0 Å². The third-order valence-corrected chi connectivity index (χ3v) is 3.03. The molecule has 0 N–H and O–H groups in total.